The van der Waals surface area contributed by atoms with Gasteiger partial charge in [-0.2, -0.15) is 0 Å². The van der Waals surface area contributed by atoms with E-state index < -0.39 is 5.41 Å². The van der Waals surface area contributed by atoms with E-state index >= 15 is 0 Å². The lowest BCUT2D eigenvalue weighted by molar-refractivity contribution is -0.122. The molecule has 1 amide bonds. The van der Waals surface area contributed by atoms with E-state index in [1.165, 1.54) is 0 Å². The summed E-state index contributed by atoms with van der Waals surface area (Å²) in [6.45, 7) is 0.962. The van der Waals surface area contributed by atoms with Gasteiger partial charge in [-0.3, -0.25) is 4.79 Å². The Balaban J connectivity index is 2.13. The van der Waals surface area contributed by atoms with Gasteiger partial charge >= 0.3 is 0 Å². The molecule has 24 heavy (non-hydrogen) atoms. The number of hydrogen-bond acceptors (Lipinski definition) is 3. The van der Waals surface area contributed by atoms with E-state index in [4.69, 9.17) is 0 Å². The molecule has 1 aliphatic heterocycles. The number of amides is 1. The third-order valence-corrected chi connectivity index (χ3v) is 4.82. The molecule has 1 N–H and O–H groups in total. The summed E-state index contributed by atoms with van der Waals surface area (Å²) in [4.78, 5) is 15.6. The molecule has 3 rings (SSSR count). The first kappa shape index (κ1) is 16.7. The minimum atomic E-state index is -0.614. The molecule has 0 spiro atoms. The van der Waals surface area contributed by atoms with Crippen LogP contribution in [-0.4, -0.2) is 38.5 Å². The van der Waals surface area contributed by atoms with E-state index in [1.54, 1.807) is 12.1 Å². The number of hydrogen-bond donors (Lipinski definition) is 1. The second-order valence-electron chi connectivity index (χ2n) is 6.56. The third kappa shape index (κ3) is 2.62. The van der Waals surface area contributed by atoms with Crippen LogP contribution in [0, 0.1) is 0 Å². The van der Waals surface area contributed by atoms with Gasteiger partial charge in [-0.15, -0.1) is 0 Å². The van der Waals surface area contributed by atoms with Crippen LogP contribution in [0.15, 0.2) is 54.6 Å². The highest BCUT2D eigenvalue weighted by Crippen LogP contribution is 2.48. The molecule has 0 aromatic heterocycles. The van der Waals surface area contributed by atoms with Gasteiger partial charge in [0.05, 0.1) is 5.69 Å². The Morgan fingerprint density at radius 1 is 1.04 bits per heavy atom. The summed E-state index contributed by atoms with van der Waals surface area (Å²) in [5, 5.41) is 1.69. The fraction of sp³-hybridized carbons (Fsp3) is 0.350. The molecule has 1 atom stereocenters. The normalized spacial score (nSPS) is 19.8. The van der Waals surface area contributed by atoms with Crippen molar-refractivity contribution in [3.8, 4) is 0 Å². The van der Waals surface area contributed by atoms with E-state index in [-0.39, 0.29) is 5.91 Å². The third-order valence-electron chi connectivity index (χ3n) is 4.82. The molecule has 0 aliphatic carbocycles. The first-order valence-corrected chi connectivity index (χ1v) is 8.43. The average Bonchev–Trinajstić information content (AvgIpc) is 2.84. The summed E-state index contributed by atoms with van der Waals surface area (Å²) in [6.07, 6.45) is 1.75. The summed E-state index contributed by atoms with van der Waals surface area (Å²) in [5.41, 5.74) is 5.57. The van der Waals surface area contributed by atoms with Crippen LogP contribution in [0.5, 0.6) is 0 Å². The summed E-state index contributed by atoms with van der Waals surface area (Å²) in [7, 11) is 5.94. The minimum Gasteiger partial charge on any atom is -0.309 e. The highest BCUT2D eigenvalue weighted by molar-refractivity contribution is 6.09. The van der Waals surface area contributed by atoms with Crippen molar-refractivity contribution >= 4 is 11.6 Å². The number of nitrogens with one attached hydrogen (secondary N) is 1. The molecule has 4 nitrogen and oxygen atoms in total. The van der Waals surface area contributed by atoms with Gasteiger partial charge in [-0.25, -0.2) is 10.4 Å². The van der Waals surface area contributed by atoms with Crippen molar-refractivity contribution in [3.63, 3.8) is 0 Å². The van der Waals surface area contributed by atoms with Crippen LogP contribution in [0.2, 0.25) is 0 Å². The largest absolute Gasteiger partial charge is 0.309 e. The summed E-state index contributed by atoms with van der Waals surface area (Å²) in [6, 6.07) is 18.3. The van der Waals surface area contributed by atoms with Crippen molar-refractivity contribution in [3.05, 3.63) is 65.7 Å². The number of anilines is 1. The Labute approximate surface area is 144 Å². The number of benzene rings is 2. The van der Waals surface area contributed by atoms with E-state index in [9.17, 15) is 4.79 Å². The van der Waals surface area contributed by atoms with Gasteiger partial charge in [0.2, 0.25) is 0 Å². The highest BCUT2D eigenvalue weighted by atomic mass is 16.2. The molecular formula is C20H25N3O. The number of fused-ring (bicyclic) bond motifs is 1. The van der Waals surface area contributed by atoms with Crippen LogP contribution in [0.25, 0.3) is 0 Å². The second-order valence-corrected chi connectivity index (χ2v) is 6.56. The molecular weight excluding hydrogens is 298 g/mol. The quantitative estimate of drug-likeness (QED) is 0.888. The molecule has 2 aromatic carbocycles. The predicted molar refractivity (Wildman–Crippen MR) is 98.0 cm³/mol. The molecule has 0 bridgehead atoms. The maximum absolute atomic E-state index is 13.4. The zero-order valence-corrected chi connectivity index (χ0v) is 14.6. The molecule has 0 fully saturated rings. The van der Waals surface area contributed by atoms with E-state index in [1.807, 2.05) is 36.4 Å². The first-order valence-electron chi connectivity index (χ1n) is 8.43. The summed E-state index contributed by atoms with van der Waals surface area (Å²) >= 11 is 0. The molecule has 0 unspecified atom stereocenters. The van der Waals surface area contributed by atoms with Gasteiger partial charge in [0.25, 0.3) is 5.91 Å². The standard InChI is InChI=1S/C20H25N3O/c1-21-23-18-13-8-7-12-17(18)20(19(23)24,14-9-15-22(2)3)16-10-5-4-6-11-16/h4-8,10-13,21H,9,14-15H2,1-3H3/t20-/m0/s1. The lowest BCUT2D eigenvalue weighted by Crippen LogP contribution is -2.46. The lowest BCUT2D eigenvalue weighted by Gasteiger charge is -2.30. The molecule has 0 radical (unpaired) electrons. The van der Waals surface area contributed by atoms with Crippen LogP contribution >= 0.6 is 0 Å². The Morgan fingerprint density at radius 3 is 2.38 bits per heavy atom. The molecule has 0 saturated heterocycles. The van der Waals surface area contributed by atoms with Crippen molar-refractivity contribution in [1.82, 2.24) is 10.3 Å². The maximum Gasteiger partial charge on any atom is 0.256 e. The monoisotopic (exact) mass is 323 g/mol. The SMILES string of the molecule is CNN1C(=O)[C@@](CCCN(C)C)(c2ccccc2)c2ccccc21. The van der Waals surface area contributed by atoms with Gasteiger partial charge in [-0.1, -0.05) is 48.5 Å². The number of carbonyl (C=O) groups is 1. The zero-order chi connectivity index (χ0) is 17.2. The van der Waals surface area contributed by atoms with Gasteiger partial charge in [0.1, 0.15) is 5.41 Å². The van der Waals surface area contributed by atoms with Crippen molar-refractivity contribution in [1.29, 1.82) is 0 Å². The van der Waals surface area contributed by atoms with Crippen LogP contribution in [0.4, 0.5) is 5.69 Å². The Kier molecular flexibility index (Phi) is 4.69. The van der Waals surface area contributed by atoms with Gasteiger partial charge < -0.3 is 4.90 Å². The smallest absolute Gasteiger partial charge is 0.256 e. The molecule has 1 heterocycles. The van der Waals surface area contributed by atoms with E-state index in [0.717, 1.165) is 36.2 Å². The van der Waals surface area contributed by atoms with Crippen LogP contribution < -0.4 is 10.4 Å². The Morgan fingerprint density at radius 2 is 1.71 bits per heavy atom. The summed E-state index contributed by atoms with van der Waals surface area (Å²) < 4.78 is 0. The van der Waals surface area contributed by atoms with Crippen LogP contribution in [0.1, 0.15) is 24.0 Å². The maximum atomic E-state index is 13.4. The average molecular weight is 323 g/mol. The number of para-hydroxylation sites is 1. The van der Waals surface area contributed by atoms with Gasteiger partial charge in [-0.05, 0) is 50.7 Å². The fourth-order valence-corrected chi connectivity index (χ4v) is 3.72. The Hall–Kier alpha value is -2.17. The number of carbonyl (C=O) groups excluding carboxylic acids is 1. The van der Waals surface area contributed by atoms with Crippen molar-refractivity contribution in [2.45, 2.75) is 18.3 Å². The molecule has 1 aliphatic rings. The fourth-order valence-electron chi connectivity index (χ4n) is 3.72. The van der Waals surface area contributed by atoms with Gasteiger partial charge in [0, 0.05) is 7.05 Å². The zero-order valence-electron chi connectivity index (χ0n) is 14.6. The molecule has 0 saturated carbocycles. The lowest BCUT2D eigenvalue weighted by atomic mass is 9.72. The van der Waals surface area contributed by atoms with Crippen LogP contribution in [0.3, 0.4) is 0 Å². The number of rotatable bonds is 6. The Bertz CT molecular complexity index is 714. The molecule has 4 heteroatoms. The molecule has 2 aromatic rings. The minimum absolute atomic E-state index is 0.108. The number of hydrazine groups is 1. The van der Waals surface area contributed by atoms with Gasteiger partial charge in [0.15, 0.2) is 0 Å². The summed E-state index contributed by atoms with van der Waals surface area (Å²) in [5.74, 6) is 0.108. The van der Waals surface area contributed by atoms with E-state index in [0.29, 0.717) is 0 Å². The topological polar surface area (TPSA) is 35.6 Å². The van der Waals surface area contributed by atoms with E-state index in [2.05, 4.69) is 42.6 Å². The van der Waals surface area contributed by atoms with Crippen LogP contribution in [-0.2, 0) is 10.2 Å². The molecule has 126 valence electrons. The van der Waals surface area contributed by atoms with Crippen molar-refractivity contribution < 1.29 is 4.79 Å². The van der Waals surface area contributed by atoms with Crippen molar-refractivity contribution in [2.75, 3.05) is 32.7 Å². The highest BCUT2D eigenvalue weighted by Gasteiger charge is 2.51. The number of nitrogens with zero attached hydrogens (tertiary/aromatic N) is 2. The van der Waals surface area contributed by atoms with Crippen molar-refractivity contribution in [2.24, 2.45) is 0 Å². The predicted octanol–water partition coefficient (Wildman–Crippen LogP) is 2.80. The second kappa shape index (κ2) is 6.75. The first-order chi connectivity index (χ1) is 11.6.